The summed E-state index contributed by atoms with van der Waals surface area (Å²) in [6.45, 7) is 6.01. The van der Waals surface area contributed by atoms with Crippen molar-refractivity contribution in [3.8, 4) is 0 Å². The van der Waals surface area contributed by atoms with Crippen LogP contribution in [-0.2, 0) is 26.2 Å². The summed E-state index contributed by atoms with van der Waals surface area (Å²) in [6.07, 6.45) is 6.04. The van der Waals surface area contributed by atoms with Crippen molar-refractivity contribution in [2.24, 2.45) is 0 Å². The molecule has 0 aliphatic heterocycles. The molecule has 1 N–H and O–H groups in total. The van der Waals surface area contributed by atoms with E-state index in [1.807, 2.05) is 32.9 Å². The summed E-state index contributed by atoms with van der Waals surface area (Å²) in [5.41, 5.74) is 3.16. The maximum absolute atomic E-state index is 13.7. The van der Waals surface area contributed by atoms with Gasteiger partial charge in [-0.15, -0.1) is 0 Å². The van der Waals surface area contributed by atoms with E-state index < -0.39 is 16.1 Å². The highest BCUT2D eigenvalue weighted by molar-refractivity contribution is 7.92. The van der Waals surface area contributed by atoms with Crippen LogP contribution < -0.4 is 9.62 Å². The highest BCUT2D eigenvalue weighted by Gasteiger charge is 2.31. The molecule has 10 heteroatoms. The predicted octanol–water partition coefficient (Wildman–Crippen LogP) is 6.02. The number of nitrogens with zero attached hydrogens (tertiary/aromatic N) is 2. The molecule has 1 aliphatic rings. The zero-order valence-electron chi connectivity index (χ0n) is 23.2. The van der Waals surface area contributed by atoms with Crippen LogP contribution in [0.3, 0.4) is 0 Å². The Bertz CT molecular complexity index is 1280. The van der Waals surface area contributed by atoms with Crippen molar-refractivity contribution >= 4 is 50.7 Å². The molecule has 0 saturated heterocycles. The number of carbonyl (C=O) groups is 2. The molecule has 1 saturated carbocycles. The number of carbonyl (C=O) groups excluding carboxylic acids is 2. The van der Waals surface area contributed by atoms with Crippen molar-refractivity contribution in [1.29, 1.82) is 0 Å². The Kier molecular flexibility index (Phi) is 11.1. The van der Waals surface area contributed by atoms with Gasteiger partial charge in [-0.05, 0) is 74.4 Å². The van der Waals surface area contributed by atoms with E-state index in [2.05, 4.69) is 5.32 Å². The van der Waals surface area contributed by atoms with Gasteiger partial charge in [0.05, 0.1) is 11.9 Å². The van der Waals surface area contributed by atoms with Crippen LogP contribution in [0.15, 0.2) is 36.4 Å². The van der Waals surface area contributed by atoms with Crippen LogP contribution in [0.2, 0.25) is 10.0 Å². The second-order valence-electron chi connectivity index (χ2n) is 10.3. The van der Waals surface area contributed by atoms with Gasteiger partial charge in [-0.1, -0.05) is 61.2 Å². The molecule has 2 aromatic rings. The molecule has 0 heterocycles. The number of halogens is 2. The predicted molar refractivity (Wildman–Crippen MR) is 159 cm³/mol. The number of benzene rings is 2. The Labute approximate surface area is 242 Å². The zero-order chi connectivity index (χ0) is 28.7. The monoisotopic (exact) mass is 595 g/mol. The molecule has 2 aromatic carbocycles. The Morgan fingerprint density at radius 2 is 1.79 bits per heavy atom. The molecule has 1 fully saturated rings. The Morgan fingerprint density at radius 1 is 1.10 bits per heavy atom. The molecule has 39 heavy (non-hydrogen) atoms. The van der Waals surface area contributed by atoms with Crippen LogP contribution in [0.25, 0.3) is 0 Å². The summed E-state index contributed by atoms with van der Waals surface area (Å²) < 4.78 is 26.7. The molecule has 3 rings (SSSR count). The lowest BCUT2D eigenvalue weighted by atomic mass is 10.1. The summed E-state index contributed by atoms with van der Waals surface area (Å²) >= 11 is 12.5. The van der Waals surface area contributed by atoms with Gasteiger partial charge in [0.15, 0.2) is 0 Å². The van der Waals surface area contributed by atoms with Crippen molar-refractivity contribution in [3.05, 3.63) is 63.1 Å². The third-order valence-electron chi connectivity index (χ3n) is 7.44. The van der Waals surface area contributed by atoms with Crippen molar-refractivity contribution in [2.75, 3.05) is 17.1 Å². The van der Waals surface area contributed by atoms with Crippen LogP contribution in [-0.4, -0.2) is 50.0 Å². The molecule has 214 valence electrons. The molecule has 0 spiro atoms. The molecule has 1 aliphatic carbocycles. The van der Waals surface area contributed by atoms with Gasteiger partial charge in [0.25, 0.3) is 0 Å². The summed E-state index contributed by atoms with van der Waals surface area (Å²) in [5, 5.41) is 4.03. The number of aryl methyl sites for hydroxylation is 1. The van der Waals surface area contributed by atoms with E-state index >= 15 is 0 Å². The molecule has 0 bridgehead atoms. The molecule has 7 nitrogen and oxygen atoms in total. The Hall–Kier alpha value is -2.29. The largest absolute Gasteiger partial charge is 0.352 e. The third kappa shape index (κ3) is 8.35. The summed E-state index contributed by atoms with van der Waals surface area (Å²) in [7, 11) is -3.57. The van der Waals surface area contributed by atoms with E-state index in [4.69, 9.17) is 23.2 Å². The van der Waals surface area contributed by atoms with Crippen molar-refractivity contribution in [2.45, 2.75) is 84.3 Å². The second-order valence-corrected chi connectivity index (χ2v) is 13.1. The Morgan fingerprint density at radius 3 is 2.41 bits per heavy atom. The van der Waals surface area contributed by atoms with E-state index in [9.17, 15) is 18.0 Å². The van der Waals surface area contributed by atoms with Crippen molar-refractivity contribution < 1.29 is 18.0 Å². The normalized spacial score (nSPS) is 14.7. The van der Waals surface area contributed by atoms with Gasteiger partial charge in [-0.2, -0.15) is 0 Å². The minimum atomic E-state index is -3.57. The quantitative estimate of drug-likeness (QED) is 0.325. The molecule has 0 unspecified atom stereocenters. The van der Waals surface area contributed by atoms with Gasteiger partial charge in [0, 0.05) is 35.6 Å². The molecular formula is C29H39Cl2N3O4S. The number of hydrogen-bond acceptors (Lipinski definition) is 4. The van der Waals surface area contributed by atoms with Gasteiger partial charge >= 0.3 is 0 Å². The highest BCUT2D eigenvalue weighted by Crippen LogP contribution is 2.27. The maximum Gasteiger partial charge on any atom is 0.243 e. The number of rotatable bonds is 12. The molecule has 0 radical (unpaired) electrons. The number of hydrogen-bond donors (Lipinski definition) is 1. The fourth-order valence-corrected chi connectivity index (χ4v) is 6.59. The minimum Gasteiger partial charge on any atom is -0.352 e. The number of anilines is 1. The fraction of sp³-hybridized carbons (Fsp3) is 0.517. The molecule has 1 atom stereocenters. The van der Waals surface area contributed by atoms with Crippen molar-refractivity contribution in [1.82, 2.24) is 10.2 Å². The van der Waals surface area contributed by atoms with Gasteiger partial charge < -0.3 is 10.2 Å². The maximum atomic E-state index is 13.7. The van der Waals surface area contributed by atoms with Gasteiger partial charge in [-0.3, -0.25) is 13.9 Å². The highest BCUT2D eigenvalue weighted by atomic mass is 35.5. The first-order valence-corrected chi connectivity index (χ1v) is 16.1. The first-order chi connectivity index (χ1) is 18.4. The molecular weight excluding hydrogens is 557 g/mol. The van der Waals surface area contributed by atoms with E-state index in [1.54, 1.807) is 29.2 Å². The van der Waals surface area contributed by atoms with E-state index in [0.717, 1.165) is 36.8 Å². The van der Waals surface area contributed by atoms with E-state index in [0.29, 0.717) is 34.1 Å². The smallest absolute Gasteiger partial charge is 0.243 e. The van der Waals surface area contributed by atoms with E-state index in [-0.39, 0.29) is 37.4 Å². The SMILES string of the molecule is CC[C@@H](C(=O)NC1CCCC1)N(Cc1ccc(Cl)cc1Cl)C(=O)CCCN(c1cccc(C)c1C)S(C)(=O)=O. The number of sulfonamides is 1. The first-order valence-electron chi connectivity index (χ1n) is 13.5. The average molecular weight is 597 g/mol. The minimum absolute atomic E-state index is 0.0787. The fourth-order valence-electron chi connectivity index (χ4n) is 5.11. The van der Waals surface area contributed by atoms with Gasteiger partial charge in [-0.25, -0.2) is 8.42 Å². The molecule has 2 amide bonds. The number of amides is 2. The van der Waals surface area contributed by atoms with Crippen LogP contribution in [0.1, 0.15) is 68.6 Å². The summed E-state index contributed by atoms with van der Waals surface area (Å²) in [4.78, 5) is 28.6. The average Bonchev–Trinajstić information content (AvgIpc) is 3.37. The lowest BCUT2D eigenvalue weighted by Crippen LogP contribution is -2.51. The van der Waals surface area contributed by atoms with Crippen LogP contribution in [0.4, 0.5) is 5.69 Å². The first kappa shape index (κ1) is 31.2. The standard InChI is InChI=1S/C29H39Cl2N3O4S/c1-5-26(29(36)32-24-11-6-7-12-24)33(19-22-15-16-23(30)18-25(22)31)28(35)14-9-17-34(39(4,37)38)27-13-8-10-20(2)21(27)3/h8,10,13,15-16,18,24,26H,5-7,9,11-12,14,17,19H2,1-4H3,(H,32,36)/t26-/m0/s1. The second kappa shape index (κ2) is 13.9. The molecule has 0 aromatic heterocycles. The zero-order valence-corrected chi connectivity index (χ0v) is 25.5. The number of nitrogens with one attached hydrogen (secondary N) is 1. The van der Waals surface area contributed by atoms with E-state index in [1.165, 1.54) is 10.6 Å². The van der Waals surface area contributed by atoms with Crippen LogP contribution >= 0.6 is 23.2 Å². The van der Waals surface area contributed by atoms with Gasteiger partial charge in [0.1, 0.15) is 6.04 Å². The van der Waals surface area contributed by atoms with Crippen LogP contribution in [0.5, 0.6) is 0 Å². The topological polar surface area (TPSA) is 86.8 Å². The third-order valence-corrected chi connectivity index (χ3v) is 9.21. The Balaban J connectivity index is 1.81. The lowest BCUT2D eigenvalue weighted by molar-refractivity contribution is -0.141. The lowest BCUT2D eigenvalue weighted by Gasteiger charge is -2.32. The van der Waals surface area contributed by atoms with Crippen LogP contribution in [0, 0.1) is 13.8 Å². The van der Waals surface area contributed by atoms with Crippen molar-refractivity contribution in [3.63, 3.8) is 0 Å². The summed E-state index contributed by atoms with van der Waals surface area (Å²) in [5.74, 6) is -0.403. The summed E-state index contributed by atoms with van der Waals surface area (Å²) in [6, 6.07) is 10.1. The van der Waals surface area contributed by atoms with Gasteiger partial charge in [0.2, 0.25) is 21.8 Å².